The summed E-state index contributed by atoms with van der Waals surface area (Å²) in [5.74, 6) is -0.219. The third-order valence-corrected chi connectivity index (χ3v) is 3.28. The zero-order valence-corrected chi connectivity index (χ0v) is 13.3. The number of hydrogen-bond donors (Lipinski definition) is 1. The summed E-state index contributed by atoms with van der Waals surface area (Å²) in [4.78, 5) is 10.7. The molecule has 0 aliphatic rings. The van der Waals surface area contributed by atoms with E-state index >= 15 is 0 Å². The Kier molecular flexibility index (Phi) is 5.11. The predicted molar refractivity (Wildman–Crippen MR) is 66.2 cm³/mol. The molecule has 0 heterocycles. The minimum absolute atomic E-state index is 0. The van der Waals surface area contributed by atoms with Crippen molar-refractivity contribution in [3.8, 4) is 0 Å². The van der Waals surface area contributed by atoms with E-state index in [1.54, 1.807) is 18.2 Å². The molecule has 0 saturated heterocycles. The molecule has 1 amide bonds. The Bertz CT molecular complexity index is 728. The standard InChI is InChI=1S/C12H11NO4S.Na/c1-8(14)13-12-4-2-3-9-7-10(18(15,16)17)5-6-11(9)12;/h2-7H,1H3,(H,13,14)(H,15,16,17);/q;+1/p-1. The molecule has 7 heteroatoms. The van der Waals surface area contributed by atoms with Crippen LogP contribution in [-0.4, -0.2) is 18.9 Å². The molecule has 0 unspecified atom stereocenters. The molecule has 1 N–H and O–H groups in total. The fourth-order valence-electron chi connectivity index (χ4n) is 1.72. The van der Waals surface area contributed by atoms with E-state index in [1.807, 2.05) is 0 Å². The molecule has 0 atom stereocenters. The minimum atomic E-state index is -4.47. The third kappa shape index (κ3) is 3.77. The van der Waals surface area contributed by atoms with Crippen LogP contribution in [0.1, 0.15) is 6.92 Å². The second-order valence-corrected chi connectivity index (χ2v) is 5.20. The van der Waals surface area contributed by atoms with Crippen LogP contribution in [0.15, 0.2) is 41.3 Å². The van der Waals surface area contributed by atoms with Gasteiger partial charge >= 0.3 is 29.6 Å². The SMILES string of the molecule is CC(=O)Nc1cccc2cc(S(=O)(=O)[O-])ccc12.[Na+]. The van der Waals surface area contributed by atoms with Crippen LogP contribution in [-0.2, 0) is 14.9 Å². The van der Waals surface area contributed by atoms with E-state index in [1.165, 1.54) is 25.1 Å². The Labute approximate surface area is 133 Å². The zero-order valence-electron chi connectivity index (χ0n) is 10.5. The molecule has 0 saturated carbocycles. The summed E-state index contributed by atoms with van der Waals surface area (Å²) < 4.78 is 32.7. The Morgan fingerprint density at radius 2 is 1.89 bits per heavy atom. The summed E-state index contributed by atoms with van der Waals surface area (Å²) in [5, 5.41) is 3.90. The van der Waals surface area contributed by atoms with Crippen molar-refractivity contribution in [3.63, 3.8) is 0 Å². The van der Waals surface area contributed by atoms with E-state index in [2.05, 4.69) is 5.32 Å². The summed E-state index contributed by atoms with van der Waals surface area (Å²) in [6, 6.07) is 9.09. The van der Waals surface area contributed by atoms with E-state index < -0.39 is 10.1 Å². The van der Waals surface area contributed by atoms with Gasteiger partial charge in [0.25, 0.3) is 0 Å². The largest absolute Gasteiger partial charge is 1.00 e. The second kappa shape index (κ2) is 6.02. The maximum atomic E-state index is 11.0. The summed E-state index contributed by atoms with van der Waals surface area (Å²) in [6.45, 7) is 1.38. The van der Waals surface area contributed by atoms with Gasteiger partial charge in [0.1, 0.15) is 10.1 Å². The van der Waals surface area contributed by atoms with Crippen molar-refractivity contribution in [1.29, 1.82) is 0 Å². The number of hydrogen-bond acceptors (Lipinski definition) is 4. The molecule has 19 heavy (non-hydrogen) atoms. The number of nitrogens with one attached hydrogen (secondary N) is 1. The normalized spacial score (nSPS) is 10.8. The summed E-state index contributed by atoms with van der Waals surface area (Å²) >= 11 is 0. The molecule has 0 aliphatic carbocycles. The van der Waals surface area contributed by atoms with Crippen molar-refractivity contribution < 1.29 is 47.3 Å². The first-order chi connectivity index (χ1) is 8.38. The summed E-state index contributed by atoms with van der Waals surface area (Å²) in [6.07, 6.45) is 0. The molecule has 2 aromatic carbocycles. The molecule has 2 rings (SSSR count). The molecule has 0 bridgehead atoms. The number of carbonyl (C=O) groups is 1. The van der Waals surface area contributed by atoms with Crippen LogP contribution in [0.25, 0.3) is 10.8 Å². The van der Waals surface area contributed by atoms with Gasteiger partial charge in [0.2, 0.25) is 5.91 Å². The van der Waals surface area contributed by atoms with Gasteiger partial charge in [0, 0.05) is 18.0 Å². The average Bonchev–Trinajstić information content (AvgIpc) is 2.27. The van der Waals surface area contributed by atoms with Gasteiger partial charge in [0.05, 0.1) is 4.90 Å². The summed E-state index contributed by atoms with van der Waals surface area (Å²) in [5.41, 5.74) is 0.579. The van der Waals surface area contributed by atoms with Gasteiger partial charge in [-0.3, -0.25) is 4.79 Å². The number of carbonyl (C=O) groups excluding carboxylic acids is 1. The number of amides is 1. The van der Waals surface area contributed by atoms with Crippen LogP contribution in [0.3, 0.4) is 0 Å². The number of fused-ring (bicyclic) bond motifs is 1. The Morgan fingerprint density at radius 3 is 2.47 bits per heavy atom. The van der Waals surface area contributed by atoms with Gasteiger partial charge < -0.3 is 9.87 Å². The van der Waals surface area contributed by atoms with Gasteiger partial charge in [-0.05, 0) is 23.6 Å². The topological polar surface area (TPSA) is 86.3 Å². The number of anilines is 1. The van der Waals surface area contributed by atoms with Crippen molar-refractivity contribution in [2.24, 2.45) is 0 Å². The van der Waals surface area contributed by atoms with Crippen LogP contribution in [0.2, 0.25) is 0 Å². The molecule has 0 radical (unpaired) electrons. The predicted octanol–water partition coefficient (Wildman–Crippen LogP) is -1.29. The molecule has 2 aromatic rings. The smallest absolute Gasteiger partial charge is 0.744 e. The van der Waals surface area contributed by atoms with Crippen LogP contribution in [0.4, 0.5) is 5.69 Å². The Balaban J connectivity index is 0.00000180. The first kappa shape index (κ1) is 16.1. The van der Waals surface area contributed by atoms with Gasteiger partial charge in [-0.15, -0.1) is 0 Å². The van der Waals surface area contributed by atoms with E-state index in [-0.39, 0.29) is 40.4 Å². The molecular formula is C12H10NNaO4S. The van der Waals surface area contributed by atoms with E-state index in [0.717, 1.165) is 0 Å². The first-order valence-electron chi connectivity index (χ1n) is 5.14. The summed E-state index contributed by atoms with van der Waals surface area (Å²) in [7, 11) is -4.47. The molecule has 0 aromatic heterocycles. The third-order valence-electron chi connectivity index (χ3n) is 2.45. The molecule has 0 spiro atoms. The molecule has 0 aliphatic heterocycles. The van der Waals surface area contributed by atoms with E-state index in [9.17, 15) is 17.8 Å². The second-order valence-electron chi connectivity index (χ2n) is 3.82. The Morgan fingerprint density at radius 1 is 1.21 bits per heavy atom. The van der Waals surface area contributed by atoms with E-state index in [4.69, 9.17) is 0 Å². The maximum Gasteiger partial charge on any atom is 1.00 e. The van der Waals surface area contributed by atoms with Crippen molar-refractivity contribution in [1.82, 2.24) is 0 Å². The number of benzene rings is 2. The minimum Gasteiger partial charge on any atom is -0.744 e. The number of rotatable bonds is 2. The zero-order chi connectivity index (χ0) is 13.3. The fraction of sp³-hybridized carbons (Fsp3) is 0.0833. The van der Waals surface area contributed by atoms with Crippen molar-refractivity contribution >= 4 is 32.5 Å². The molecule has 0 fully saturated rings. The molecule has 94 valence electrons. The van der Waals surface area contributed by atoms with Crippen LogP contribution in [0, 0.1) is 0 Å². The van der Waals surface area contributed by atoms with Crippen LogP contribution >= 0.6 is 0 Å². The van der Waals surface area contributed by atoms with Crippen molar-refractivity contribution in [3.05, 3.63) is 36.4 Å². The maximum absolute atomic E-state index is 11.0. The fourth-order valence-corrected chi connectivity index (χ4v) is 2.22. The van der Waals surface area contributed by atoms with Gasteiger partial charge in [0.15, 0.2) is 0 Å². The van der Waals surface area contributed by atoms with Crippen LogP contribution < -0.4 is 34.9 Å². The molecular weight excluding hydrogens is 277 g/mol. The quantitative estimate of drug-likeness (QED) is 0.550. The Hall–Kier alpha value is -0.920. The van der Waals surface area contributed by atoms with E-state index in [0.29, 0.717) is 16.5 Å². The van der Waals surface area contributed by atoms with Crippen molar-refractivity contribution in [2.75, 3.05) is 5.32 Å². The molecule has 5 nitrogen and oxygen atoms in total. The average molecular weight is 287 g/mol. The first-order valence-corrected chi connectivity index (χ1v) is 6.55. The van der Waals surface area contributed by atoms with Gasteiger partial charge in [-0.25, -0.2) is 8.42 Å². The van der Waals surface area contributed by atoms with Crippen molar-refractivity contribution in [2.45, 2.75) is 11.8 Å². The van der Waals surface area contributed by atoms with Gasteiger partial charge in [-0.1, -0.05) is 18.2 Å². The van der Waals surface area contributed by atoms with Gasteiger partial charge in [-0.2, -0.15) is 0 Å². The monoisotopic (exact) mass is 287 g/mol. The van der Waals surface area contributed by atoms with Crippen LogP contribution in [0.5, 0.6) is 0 Å².